The third-order valence-corrected chi connectivity index (χ3v) is 4.67. The molecule has 0 aliphatic rings. The summed E-state index contributed by atoms with van der Waals surface area (Å²) in [7, 11) is 1.64. The second kappa shape index (κ2) is 9.56. The molecule has 0 aromatic heterocycles. The molecule has 142 valence electrons. The van der Waals surface area contributed by atoms with Crippen LogP contribution in [0.1, 0.15) is 36.1 Å². The molecule has 0 unspecified atom stereocenters. The Morgan fingerprint density at radius 1 is 0.929 bits per heavy atom. The van der Waals surface area contributed by atoms with Crippen LogP contribution in [0.2, 0.25) is 0 Å². The van der Waals surface area contributed by atoms with Gasteiger partial charge in [0.15, 0.2) is 0 Å². The van der Waals surface area contributed by atoms with Crippen LogP contribution in [0.3, 0.4) is 0 Å². The molecule has 3 rings (SSSR count). The molecule has 0 saturated carbocycles. The van der Waals surface area contributed by atoms with Gasteiger partial charge in [0.1, 0.15) is 5.75 Å². The summed E-state index contributed by atoms with van der Waals surface area (Å²) in [4.78, 5) is 13.2. The van der Waals surface area contributed by atoms with Crippen LogP contribution < -0.4 is 10.1 Å². The lowest BCUT2D eigenvalue weighted by molar-refractivity contribution is -0.116. The number of benzene rings is 3. The molecule has 28 heavy (non-hydrogen) atoms. The van der Waals surface area contributed by atoms with Gasteiger partial charge >= 0.3 is 0 Å². The number of carbonyl (C=O) groups excluding carboxylic acids is 1. The van der Waals surface area contributed by atoms with Gasteiger partial charge in [-0.25, -0.2) is 0 Å². The van der Waals surface area contributed by atoms with E-state index >= 15 is 0 Å². The minimum absolute atomic E-state index is 0.0309. The number of carbonyl (C=O) groups is 1. The zero-order chi connectivity index (χ0) is 19.8. The molecule has 3 heteroatoms. The van der Waals surface area contributed by atoms with Crippen molar-refractivity contribution in [3.63, 3.8) is 0 Å². The average molecular weight is 371 g/mol. The largest absolute Gasteiger partial charge is 0.497 e. The number of ether oxygens (including phenoxy) is 1. The molecule has 0 aliphatic heterocycles. The Bertz CT molecular complexity index is 916. The molecule has 0 aliphatic carbocycles. The van der Waals surface area contributed by atoms with E-state index in [1.54, 1.807) is 7.11 Å². The van der Waals surface area contributed by atoms with E-state index in [1.165, 1.54) is 0 Å². The highest BCUT2D eigenvalue weighted by Crippen LogP contribution is 2.23. The second-order valence-corrected chi connectivity index (χ2v) is 6.54. The van der Waals surface area contributed by atoms with Gasteiger partial charge in [-0.05, 0) is 41.3 Å². The number of nitrogens with one attached hydrogen (secondary N) is 1. The Balaban J connectivity index is 1.92. The molecule has 0 saturated heterocycles. The van der Waals surface area contributed by atoms with E-state index in [2.05, 4.69) is 12.2 Å². The predicted octanol–water partition coefficient (Wildman–Crippen LogP) is 5.50. The number of methoxy groups -OCH3 is 1. The Kier molecular flexibility index (Phi) is 6.64. The number of hydrogen-bond acceptors (Lipinski definition) is 2. The topological polar surface area (TPSA) is 38.3 Å². The third kappa shape index (κ3) is 4.89. The number of hydrogen-bond donors (Lipinski definition) is 1. The SMILES string of the molecule is CC[C@@H](NC(=O)/C(=C/c1ccc(OC)cc1)c1ccccc1)c1ccccc1. The quantitative estimate of drug-likeness (QED) is 0.440. The van der Waals surface area contributed by atoms with Crippen molar-refractivity contribution < 1.29 is 9.53 Å². The highest BCUT2D eigenvalue weighted by atomic mass is 16.5. The van der Waals surface area contributed by atoms with Gasteiger partial charge in [0, 0.05) is 5.57 Å². The minimum Gasteiger partial charge on any atom is -0.497 e. The van der Waals surface area contributed by atoms with Crippen LogP contribution in [0, 0.1) is 0 Å². The first-order valence-electron chi connectivity index (χ1n) is 9.48. The Labute approximate surface area is 166 Å². The van der Waals surface area contributed by atoms with Gasteiger partial charge in [-0.1, -0.05) is 79.7 Å². The number of rotatable bonds is 7. The first-order chi connectivity index (χ1) is 13.7. The Morgan fingerprint density at radius 3 is 2.11 bits per heavy atom. The van der Waals surface area contributed by atoms with E-state index in [0.29, 0.717) is 5.57 Å². The molecule has 3 aromatic carbocycles. The minimum atomic E-state index is -0.0854. The monoisotopic (exact) mass is 371 g/mol. The first-order valence-corrected chi connectivity index (χ1v) is 9.48. The molecule has 3 nitrogen and oxygen atoms in total. The van der Waals surface area contributed by atoms with Crippen molar-refractivity contribution in [3.05, 3.63) is 102 Å². The van der Waals surface area contributed by atoms with Crippen LogP contribution >= 0.6 is 0 Å². The molecule has 1 amide bonds. The fourth-order valence-corrected chi connectivity index (χ4v) is 3.11. The van der Waals surface area contributed by atoms with E-state index in [9.17, 15) is 4.79 Å². The van der Waals surface area contributed by atoms with Gasteiger partial charge < -0.3 is 10.1 Å². The summed E-state index contributed by atoms with van der Waals surface area (Å²) in [5.41, 5.74) is 3.58. The van der Waals surface area contributed by atoms with Crippen LogP contribution in [0.15, 0.2) is 84.9 Å². The normalized spacial score (nSPS) is 12.3. The lowest BCUT2D eigenvalue weighted by Gasteiger charge is -2.19. The predicted molar refractivity (Wildman–Crippen MR) is 115 cm³/mol. The molecule has 0 heterocycles. The lowest BCUT2D eigenvalue weighted by atomic mass is 9.99. The van der Waals surface area contributed by atoms with Crippen molar-refractivity contribution in [3.8, 4) is 5.75 Å². The summed E-state index contributed by atoms with van der Waals surface area (Å²) in [5.74, 6) is 0.704. The maximum absolute atomic E-state index is 13.2. The van der Waals surface area contributed by atoms with Crippen molar-refractivity contribution in [1.29, 1.82) is 0 Å². The summed E-state index contributed by atoms with van der Waals surface area (Å²) >= 11 is 0. The van der Waals surface area contributed by atoms with Crippen molar-refractivity contribution in [2.75, 3.05) is 7.11 Å². The second-order valence-electron chi connectivity index (χ2n) is 6.54. The van der Waals surface area contributed by atoms with E-state index in [1.807, 2.05) is 91.0 Å². The van der Waals surface area contributed by atoms with Crippen molar-refractivity contribution in [1.82, 2.24) is 5.32 Å². The summed E-state index contributed by atoms with van der Waals surface area (Å²) in [6, 6.07) is 27.5. The van der Waals surface area contributed by atoms with Crippen LogP contribution in [-0.2, 0) is 4.79 Å². The van der Waals surface area contributed by atoms with Crippen molar-refractivity contribution in [2.24, 2.45) is 0 Å². The first kappa shape index (κ1) is 19.4. The van der Waals surface area contributed by atoms with Crippen molar-refractivity contribution in [2.45, 2.75) is 19.4 Å². The molecule has 0 fully saturated rings. The van der Waals surface area contributed by atoms with Crippen LogP contribution in [0.4, 0.5) is 0 Å². The van der Waals surface area contributed by atoms with Gasteiger partial charge in [-0.15, -0.1) is 0 Å². The van der Waals surface area contributed by atoms with Crippen LogP contribution in [0.5, 0.6) is 5.75 Å². The fraction of sp³-hybridized carbons (Fsp3) is 0.160. The summed E-state index contributed by atoms with van der Waals surface area (Å²) in [6.45, 7) is 2.08. The van der Waals surface area contributed by atoms with E-state index in [4.69, 9.17) is 4.74 Å². The van der Waals surface area contributed by atoms with Gasteiger partial charge in [0.05, 0.1) is 13.2 Å². The Morgan fingerprint density at radius 2 is 1.54 bits per heavy atom. The maximum Gasteiger partial charge on any atom is 0.252 e. The molecule has 0 spiro atoms. The number of amides is 1. The molecular weight excluding hydrogens is 346 g/mol. The third-order valence-electron chi connectivity index (χ3n) is 4.67. The molecular formula is C25H25NO2. The van der Waals surface area contributed by atoms with Gasteiger partial charge in [0.2, 0.25) is 0 Å². The van der Waals surface area contributed by atoms with E-state index in [0.717, 1.165) is 28.9 Å². The molecule has 0 bridgehead atoms. The maximum atomic E-state index is 13.2. The molecule has 0 radical (unpaired) electrons. The van der Waals surface area contributed by atoms with E-state index in [-0.39, 0.29) is 11.9 Å². The smallest absolute Gasteiger partial charge is 0.252 e. The standard InChI is InChI=1S/C25H25NO2/c1-3-24(21-12-8-5-9-13-21)26-25(27)23(20-10-6-4-7-11-20)18-19-14-16-22(28-2)17-15-19/h4-18,24H,3H2,1-2H3,(H,26,27)/b23-18+/t24-/m1/s1. The zero-order valence-electron chi connectivity index (χ0n) is 16.3. The summed E-state index contributed by atoms with van der Waals surface area (Å²) in [6.07, 6.45) is 2.74. The van der Waals surface area contributed by atoms with E-state index < -0.39 is 0 Å². The zero-order valence-corrected chi connectivity index (χ0v) is 16.3. The molecule has 1 N–H and O–H groups in total. The summed E-state index contributed by atoms with van der Waals surface area (Å²) < 4.78 is 5.22. The summed E-state index contributed by atoms with van der Waals surface area (Å²) in [5, 5.41) is 3.19. The van der Waals surface area contributed by atoms with Gasteiger partial charge in [-0.3, -0.25) is 4.79 Å². The highest BCUT2D eigenvalue weighted by molar-refractivity contribution is 6.24. The van der Waals surface area contributed by atoms with Gasteiger partial charge in [-0.2, -0.15) is 0 Å². The molecule has 3 aromatic rings. The van der Waals surface area contributed by atoms with Gasteiger partial charge in [0.25, 0.3) is 5.91 Å². The Hall–Kier alpha value is -3.33. The lowest BCUT2D eigenvalue weighted by Crippen LogP contribution is -2.28. The molecule has 1 atom stereocenters. The van der Waals surface area contributed by atoms with Crippen molar-refractivity contribution >= 4 is 17.6 Å². The van der Waals surface area contributed by atoms with Crippen LogP contribution in [0.25, 0.3) is 11.6 Å². The fourth-order valence-electron chi connectivity index (χ4n) is 3.11. The van der Waals surface area contributed by atoms with Crippen LogP contribution in [-0.4, -0.2) is 13.0 Å². The highest BCUT2D eigenvalue weighted by Gasteiger charge is 2.17. The average Bonchev–Trinajstić information content (AvgIpc) is 2.77.